The number of carbonyl (C=O) groups is 1. The molecule has 2 aromatic carbocycles. The molecule has 0 bridgehead atoms. The number of ether oxygens (including phenoxy) is 2. The van der Waals surface area contributed by atoms with Gasteiger partial charge in [0, 0.05) is 67.7 Å². The summed E-state index contributed by atoms with van der Waals surface area (Å²) in [4.78, 5) is 19.3. The smallest absolute Gasteiger partial charge is 0.195 e. The lowest BCUT2D eigenvalue weighted by atomic mass is 9.71. The molecule has 7 rings (SSSR count). The molecule has 2 saturated heterocycles. The minimum absolute atomic E-state index is 0.00212. The number of fused-ring (bicyclic) bond motifs is 4. The molecule has 2 aliphatic heterocycles. The van der Waals surface area contributed by atoms with Crippen molar-refractivity contribution in [2.75, 3.05) is 44.3 Å². The highest BCUT2D eigenvalue weighted by Gasteiger charge is 2.42. The van der Waals surface area contributed by atoms with Gasteiger partial charge in [0.05, 0.1) is 41.6 Å². The summed E-state index contributed by atoms with van der Waals surface area (Å²) in [5.41, 5.74) is 5.70. The summed E-state index contributed by atoms with van der Waals surface area (Å²) < 4.78 is 14.3. The molecule has 202 valence electrons. The van der Waals surface area contributed by atoms with Crippen molar-refractivity contribution in [2.45, 2.75) is 57.1 Å². The maximum absolute atomic E-state index is 14.2. The highest BCUT2D eigenvalue weighted by Crippen LogP contribution is 2.48. The summed E-state index contributed by atoms with van der Waals surface area (Å²) >= 11 is 0. The van der Waals surface area contributed by atoms with E-state index in [1.165, 1.54) is 19.3 Å². The van der Waals surface area contributed by atoms with Crippen molar-refractivity contribution in [2.24, 2.45) is 7.05 Å². The van der Waals surface area contributed by atoms with E-state index in [0.717, 1.165) is 83.4 Å². The van der Waals surface area contributed by atoms with E-state index in [1.807, 2.05) is 25.2 Å². The molecular weight excluding hydrogens is 488 g/mol. The van der Waals surface area contributed by atoms with Gasteiger partial charge in [-0.15, -0.1) is 0 Å². The van der Waals surface area contributed by atoms with Gasteiger partial charge in [0.25, 0.3) is 0 Å². The summed E-state index contributed by atoms with van der Waals surface area (Å²) in [7, 11) is 2.01. The van der Waals surface area contributed by atoms with E-state index in [2.05, 4.69) is 40.3 Å². The predicted molar refractivity (Wildman–Crippen MR) is 151 cm³/mol. The van der Waals surface area contributed by atoms with Crippen molar-refractivity contribution in [1.29, 1.82) is 5.26 Å². The van der Waals surface area contributed by atoms with Crippen molar-refractivity contribution < 1.29 is 14.3 Å². The zero-order chi connectivity index (χ0) is 26.9. The van der Waals surface area contributed by atoms with Crippen LogP contribution in [0.2, 0.25) is 0 Å². The van der Waals surface area contributed by atoms with Gasteiger partial charge in [-0.1, -0.05) is 26.3 Å². The Kier molecular flexibility index (Phi) is 5.76. The summed E-state index contributed by atoms with van der Waals surface area (Å²) in [5.74, 6) is 0.824. The molecule has 1 unspecified atom stereocenters. The maximum Gasteiger partial charge on any atom is 0.195 e. The van der Waals surface area contributed by atoms with Gasteiger partial charge >= 0.3 is 0 Å². The number of hydrogen-bond acceptors (Lipinski definition) is 6. The number of nitriles is 1. The first-order valence-corrected chi connectivity index (χ1v) is 14.4. The second kappa shape index (κ2) is 9.11. The van der Waals surface area contributed by atoms with Gasteiger partial charge in [-0.05, 0) is 42.7 Å². The van der Waals surface area contributed by atoms with E-state index >= 15 is 0 Å². The zero-order valence-corrected chi connectivity index (χ0v) is 23.1. The number of carbonyl (C=O) groups excluding carboxylic acids is 1. The molecule has 0 amide bonds. The first-order valence-electron chi connectivity index (χ1n) is 14.4. The molecule has 7 heteroatoms. The van der Waals surface area contributed by atoms with Crippen LogP contribution in [-0.2, 0) is 17.2 Å². The highest BCUT2D eigenvalue weighted by molar-refractivity contribution is 6.20. The number of hydrogen-bond donors (Lipinski definition) is 0. The lowest BCUT2D eigenvalue weighted by Crippen LogP contribution is -2.52. The maximum atomic E-state index is 14.2. The Bertz CT molecular complexity index is 1510. The predicted octanol–water partition coefficient (Wildman–Crippen LogP) is 4.76. The quantitative estimate of drug-likeness (QED) is 0.490. The third-order valence-electron chi connectivity index (χ3n) is 9.59. The zero-order valence-electron chi connectivity index (χ0n) is 23.1. The molecular formula is C32H36N4O3. The number of anilines is 1. The Morgan fingerprint density at radius 3 is 2.54 bits per heavy atom. The molecule has 2 aliphatic carbocycles. The SMILES string of the molecule is Cn1c2c(c3ccc(C#N)cc31)C(=O)c1cc(OC3CCOC3)c(N3CCN(C4CCC4)CC3)cc1C2(C)C. The topological polar surface area (TPSA) is 70.7 Å². The van der Waals surface area contributed by atoms with Crippen LogP contribution in [0.3, 0.4) is 0 Å². The summed E-state index contributed by atoms with van der Waals surface area (Å²) in [6, 6.07) is 12.9. The van der Waals surface area contributed by atoms with E-state index < -0.39 is 5.41 Å². The molecule has 7 nitrogen and oxygen atoms in total. The molecule has 0 spiro atoms. The first kappa shape index (κ1) is 24.7. The number of nitrogens with zero attached hydrogens (tertiary/aromatic N) is 4. The number of ketones is 1. The molecule has 3 aromatic rings. The van der Waals surface area contributed by atoms with Crippen LogP contribution in [0.25, 0.3) is 10.9 Å². The van der Waals surface area contributed by atoms with Crippen LogP contribution in [0.15, 0.2) is 30.3 Å². The lowest BCUT2D eigenvalue weighted by Gasteiger charge is -2.44. The van der Waals surface area contributed by atoms with Crippen molar-refractivity contribution in [3.05, 3.63) is 58.3 Å². The third kappa shape index (κ3) is 3.80. The standard InChI is InChI=1S/C32H36N4O3/c1-32(2)25-17-27(36-12-10-35(11-13-36)21-5-4-6-21)28(39-22-9-14-38-19-22)16-24(25)30(37)29-23-8-7-20(18-33)15-26(23)34(3)31(29)32/h7-8,15-17,21-22H,4-6,9-14,19H2,1-3H3. The van der Waals surface area contributed by atoms with Gasteiger partial charge < -0.3 is 18.9 Å². The Labute approximate surface area is 229 Å². The van der Waals surface area contributed by atoms with Crippen LogP contribution in [0.1, 0.15) is 72.3 Å². The van der Waals surface area contributed by atoms with E-state index in [4.69, 9.17) is 9.47 Å². The van der Waals surface area contributed by atoms with Crippen molar-refractivity contribution in [3.8, 4) is 11.8 Å². The first-order chi connectivity index (χ1) is 18.9. The average Bonchev–Trinajstić information content (AvgIpc) is 3.53. The molecule has 3 heterocycles. The van der Waals surface area contributed by atoms with Crippen LogP contribution in [-0.4, -0.2) is 66.8 Å². The van der Waals surface area contributed by atoms with Gasteiger partial charge in [-0.25, -0.2) is 0 Å². The van der Waals surface area contributed by atoms with Crippen LogP contribution in [0.5, 0.6) is 5.75 Å². The second-order valence-electron chi connectivity index (χ2n) is 12.2. The average molecular weight is 525 g/mol. The number of piperazine rings is 1. The van der Waals surface area contributed by atoms with Crippen molar-refractivity contribution in [1.82, 2.24) is 9.47 Å². The number of aromatic nitrogens is 1. The number of aryl methyl sites for hydroxylation is 1. The van der Waals surface area contributed by atoms with Crippen LogP contribution in [0, 0.1) is 11.3 Å². The van der Waals surface area contributed by atoms with Crippen LogP contribution < -0.4 is 9.64 Å². The highest BCUT2D eigenvalue weighted by atomic mass is 16.5. The van der Waals surface area contributed by atoms with Crippen molar-refractivity contribution in [3.63, 3.8) is 0 Å². The Balaban J connectivity index is 1.34. The molecule has 1 saturated carbocycles. The Morgan fingerprint density at radius 1 is 1.08 bits per heavy atom. The third-order valence-corrected chi connectivity index (χ3v) is 9.59. The Hall–Kier alpha value is -3.34. The fraction of sp³-hybridized carbons (Fsp3) is 0.500. The molecule has 39 heavy (non-hydrogen) atoms. The van der Waals surface area contributed by atoms with E-state index in [1.54, 1.807) is 6.07 Å². The minimum atomic E-state index is -0.406. The minimum Gasteiger partial charge on any atom is -0.486 e. The summed E-state index contributed by atoms with van der Waals surface area (Å²) in [6.45, 7) is 9.75. The molecule has 0 radical (unpaired) electrons. The second-order valence-corrected chi connectivity index (χ2v) is 12.2. The van der Waals surface area contributed by atoms with Crippen molar-refractivity contribution >= 4 is 22.4 Å². The van der Waals surface area contributed by atoms with Gasteiger partial charge in [-0.2, -0.15) is 5.26 Å². The van der Waals surface area contributed by atoms with E-state index in [0.29, 0.717) is 18.8 Å². The molecule has 4 aliphatic rings. The fourth-order valence-electron chi connectivity index (χ4n) is 7.21. The normalized spacial score (nSPS) is 22.9. The molecule has 0 N–H and O–H groups in total. The largest absolute Gasteiger partial charge is 0.486 e. The van der Waals surface area contributed by atoms with Gasteiger partial charge in [0.15, 0.2) is 5.78 Å². The van der Waals surface area contributed by atoms with Gasteiger partial charge in [-0.3, -0.25) is 9.69 Å². The monoisotopic (exact) mass is 524 g/mol. The lowest BCUT2D eigenvalue weighted by molar-refractivity contribution is 0.103. The number of benzene rings is 2. The summed E-state index contributed by atoms with van der Waals surface area (Å²) in [6.07, 6.45) is 4.87. The molecule has 3 fully saturated rings. The molecule has 1 aromatic heterocycles. The van der Waals surface area contributed by atoms with E-state index in [-0.39, 0.29) is 11.9 Å². The van der Waals surface area contributed by atoms with Gasteiger partial charge in [0.2, 0.25) is 0 Å². The van der Waals surface area contributed by atoms with Crippen LogP contribution >= 0.6 is 0 Å². The fourth-order valence-corrected chi connectivity index (χ4v) is 7.21. The van der Waals surface area contributed by atoms with Gasteiger partial charge in [0.1, 0.15) is 11.9 Å². The van der Waals surface area contributed by atoms with E-state index in [9.17, 15) is 10.1 Å². The number of rotatable bonds is 4. The van der Waals surface area contributed by atoms with Crippen LogP contribution in [0.4, 0.5) is 5.69 Å². The molecule has 1 atom stereocenters. The Morgan fingerprint density at radius 2 is 1.87 bits per heavy atom. The summed E-state index contributed by atoms with van der Waals surface area (Å²) in [5, 5.41) is 10.4.